The molecule has 1 fully saturated rings. The number of likely N-dealkylation sites (tertiary alicyclic amines) is 1. The zero-order chi connectivity index (χ0) is 20.5. The minimum atomic E-state index is 0.0687. The third-order valence-electron chi connectivity index (χ3n) is 6.01. The van der Waals surface area contributed by atoms with Gasteiger partial charge in [-0.15, -0.1) is 0 Å². The van der Waals surface area contributed by atoms with E-state index in [1.165, 1.54) is 0 Å². The van der Waals surface area contributed by atoms with Crippen LogP contribution >= 0.6 is 0 Å². The van der Waals surface area contributed by atoms with Crippen LogP contribution in [0, 0.1) is 6.92 Å². The summed E-state index contributed by atoms with van der Waals surface area (Å²) in [7, 11) is 0. The zero-order valence-corrected chi connectivity index (χ0v) is 16.9. The molecule has 4 heterocycles. The number of pyridine rings is 2. The fourth-order valence-corrected chi connectivity index (χ4v) is 4.27. The Morgan fingerprint density at radius 2 is 1.87 bits per heavy atom. The Morgan fingerprint density at radius 1 is 1.07 bits per heavy atom. The fourth-order valence-electron chi connectivity index (χ4n) is 4.27. The Morgan fingerprint density at radius 3 is 2.67 bits per heavy atom. The number of benzene rings is 1. The van der Waals surface area contributed by atoms with Gasteiger partial charge in [0.1, 0.15) is 0 Å². The maximum Gasteiger partial charge on any atom is 0.256 e. The lowest BCUT2D eigenvalue weighted by Gasteiger charge is -2.31. The van der Waals surface area contributed by atoms with Gasteiger partial charge in [-0.25, -0.2) is 0 Å². The standard InChI is InChI=1S/C24H23N5O/c1-16-4-5-20(23-19(16)3-2-10-26-23)24(30)29-13-8-18(9-14-29)22-15-21(27-28-22)17-6-11-25-12-7-17/h2-7,10-12,15,18H,8-9,13-14H2,1H3,(H,27,28). The third-order valence-corrected chi connectivity index (χ3v) is 6.01. The molecule has 1 aromatic carbocycles. The van der Waals surface area contributed by atoms with Gasteiger partial charge in [-0.05, 0) is 55.7 Å². The van der Waals surface area contributed by atoms with E-state index < -0.39 is 0 Å². The zero-order valence-electron chi connectivity index (χ0n) is 16.9. The first-order valence-electron chi connectivity index (χ1n) is 10.3. The van der Waals surface area contributed by atoms with E-state index in [0.717, 1.165) is 59.3 Å². The van der Waals surface area contributed by atoms with Crippen molar-refractivity contribution in [3.63, 3.8) is 0 Å². The highest BCUT2D eigenvalue weighted by atomic mass is 16.2. The van der Waals surface area contributed by atoms with Crippen molar-refractivity contribution in [1.82, 2.24) is 25.1 Å². The normalized spacial score (nSPS) is 14.9. The van der Waals surface area contributed by atoms with Crippen LogP contribution in [-0.4, -0.2) is 44.1 Å². The third kappa shape index (κ3) is 3.34. The molecule has 1 aliphatic rings. The van der Waals surface area contributed by atoms with Crippen LogP contribution in [0.4, 0.5) is 0 Å². The van der Waals surface area contributed by atoms with Gasteiger partial charge in [-0.2, -0.15) is 5.10 Å². The number of rotatable bonds is 3. The summed E-state index contributed by atoms with van der Waals surface area (Å²) in [6.45, 7) is 3.51. The van der Waals surface area contributed by atoms with Crippen LogP contribution in [0.1, 0.15) is 40.4 Å². The molecule has 5 rings (SSSR count). The molecule has 0 atom stereocenters. The van der Waals surface area contributed by atoms with E-state index in [0.29, 0.717) is 11.5 Å². The first-order valence-corrected chi connectivity index (χ1v) is 10.3. The Hall–Kier alpha value is -3.54. The van der Waals surface area contributed by atoms with Gasteiger partial charge in [-0.3, -0.25) is 19.9 Å². The molecule has 3 aromatic heterocycles. The number of hydrogen-bond donors (Lipinski definition) is 1. The quantitative estimate of drug-likeness (QED) is 0.558. The van der Waals surface area contributed by atoms with Crippen molar-refractivity contribution >= 4 is 16.8 Å². The first-order chi connectivity index (χ1) is 14.7. The molecule has 0 aliphatic carbocycles. The largest absolute Gasteiger partial charge is 0.339 e. The van der Waals surface area contributed by atoms with E-state index in [2.05, 4.69) is 26.2 Å². The number of nitrogens with one attached hydrogen (secondary N) is 1. The average molecular weight is 397 g/mol. The molecule has 1 aliphatic heterocycles. The minimum absolute atomic E-state index is 0.0687. The van der Waals surface area contributed by atoms with E-state index in [4.69, 9.17) is 0 Å². The number of piperidine rings is 1. The molecule has 6 heteroatoms. The van der Waals surface area contributed by atoms with Crippen LogP contribution in [0.2, 0.25) is 0 Å². The van der Waals surface area contributed by atoms with Crippen LogP contribution in [0.3, 0.4) is 0 Å². The van der Waals surface area contributed by atoms with Crippen molar-refractivity contribution < 1.29 is 4.79 Å². The van der Waals surface area contributed by atoms with Crippen molar-refractivity contribution in [2.75, 3.05) is 13.1 Å². The molecule has 30 heavy (non-hydrogen) atoms. The van der Waals surface area contributed by atoms with Gasteiger partial charge in [0.25, 0.3) is 5.91 Å². The van der Waals surface area contributed by atoms with Crippen molar-refractivity contribution in [2.45, 2.75) is 25.7 Å². The maximum atomic E-state index is 13.2. The molecule has 0 saturated carbocycles. The molecule has 0 spiro atoms. The van der Waals surface area contributed by atoms with Crippen LogP contribution in [0.25, 0.3) is 22.2 Å². The minimum Gasteiger partial charge on any atom is -0.339 e. The van der Waals surface area contributed by atoms with Gasteiger partial charge < -0.3 is 4.90 Å². The van der Waals surface area contributed by atoms with Gasteiger partial charge in [0.15, 0.2) is 0 Å². The molecule has 1 N–H and O–H groups in total. The summed E-state index contributed by atoms with van der Waals surface area (Å²) in [5, 5.41) is 8.70. The summed E-state index contributed by atoms with van der Waals surface area (Å²) in [4.78, 5) is 23.7. The molecule has 1 saturated heterocycles. The second-order valence-corrected chi connectivity index (χ2v) is 7.84. The number of amides is 1. The van der Waals surface area contributed by atoms with Gasteiger partial charge >= 0.3 is 0 Å². The maximum absolute atomic E-state index is 13.2. The number of nitrogens with zero attached hydrogens (tertiary/aromatic N) is 4. The van der Waals surface area contributed by atoms with E-state index in [1.54, 1.807) is 18.6 Å². The van der Waals surface area contributed by atoms with Crippen LogP contribution in [0.5, 0.6) is 0 Å². The van der Waals surface area contributed by atoms with Crippen molar-refractivity contribution in [2.24, 2.45) is 0 Å². The number of carbonyl (C=O) groups is 1. The molecule has 6 nitrogen and oxygen atoms in total. The number of aromatic amines is 1. The topological polar surface area (TPSA) is 74.8 Å². The number of aromatic nitrogens is 4. The summed E-state index contributed by atoms with van der Waals surface area (Å²) in [5.74, 6) is 0.448. The van der Waals surface area contributed by atoms with Crippen LogP contribution in [0.15, 0.2) is 61.1 Å². The van der Waals surface area contributed by atoms with Crippen LogP contribution in [-0.2, 0) is 0 Å². The lowest BCUT2D eigenvalue weighted by atomic mass is 9.92. The molecule has 1 amide bonds. The summed E-state index contributed by atoms with van der Waals surface area (Å²) in [5.41, 5.74) is 5.74. The molecule has 150 valence electrons. The monoisotopic (exact) mass is 397 g/mol. The highest BCUT2D eigenvalue weighted by molar-refractivity contribution is 6.06. The van der Waals surface area contributed by atoms with Crippen molar-refractivity contribution in [3.8, 4) is 11.3 Å². The highest BCUT2D eigenvalue weighted by Crippen LogP contribution is 2.30. The predicted molar refractivity (Wildman–Crippen MR) is 116 cm³/mol. The molecule has 0 radical (unpaired) electrons. The van der Waals surface area contributed by atoms with Gasteiger partial charge in [-0.1, -0.05) is 12.1 Å². The van der Waals surface area contributed by atoms with Gasteiger partial charge in [0.05, 0.1) is 16.8 Å². The Labute approximate surface area is 175 Å². The van der Waals surface area contributed by atoms with Crippen molar-refractivity contribution in [3.05, 3.63) is 77.9 Å². The molecule has 0 bridgehead atoms. The molecular formula is C24H23N5O. The predicted octanol–water partition coefficient (Wildman–Crippen LogP) is 4.35. The van der Waals surface area contributed by atoms with Crippen molar-refractivity contribution in [1.29, 1.82) is 0 Å². The lowest BCUT2D eigenvalue weighted by Crippen LogP contribution is -2.38. The number of aryl methyl sites for hydroxylation is 1. The van der Waals surface area contributed by atoms with E-state index in [-0.39, 0.29) is 5.91 Å². The SMILES string of the molecule is Cc1ccc(C(=O)N2CCC(c3cc(-c4ccncc4)n[nH]3)CC2)c2ncccc12. The summed E-state index contributed by atoms with van der Waals surface area (Å²) in [6, 6.07) is 13.9. The number of hydrogen-bond acceptors (Lipinski definition) is 4. The smallest absolute Gasteiger partial charge is 0.256 e. The number of carbonyl (C=O) groups excluding carboxylic acids is 1. The molecular weight excluding hydrogens is 374 g/mol. The second-order valence-electron chi connectivity index (χ2n) is 7.84. The number of fused-ring (bicyclic) bond motifs is 1. The highest BCUT2D eigenvalue weighted by Gasteiger charge is 2.27. The van der Waals surface area contributed by atoms with E-state index in [1.807, 2.05) is 48.2 Å². The number of H-pyrrole nitrogens is 1. The lowest BCUT2D eigenvalue weighted by molar-refractivity contribution is 0.0714. The summed E-state index contributed by atoms with van der Waals surface area (Å²) in [6.07, 6.45) is 7.14. The molecule has 4 aromatic rings. The van der Waals surface area contributed by atoms with E-state index >= 15 is 0 Å². The van der Waals surface area contributed by atoms with E-state index in [9.17, 15) is 4.79 Å². The first kappa shape index (κ1) is 18.5. The second kappa shape index (κ2) is 7.71. The Kier molecular flexibility index (Phi) is 4.75. The van der Waals surface area contributed by atoms with Gasteiger partial charge in [0.2, 0.25) is 0 Å². The fraction of sp³-hybridized carbons (Fsp3) is 0.250. The average Bonchev–Trinajstić information content (AvgIpc) is 3.30. The Bertz CT molecular complexity index is 1190. The summed E-state index contributed by atoms with van der Waals surface area (Å²) < 4.78 is 0. The van der Waals surface area contributed by atoms with Gasteiger partial charge in [0, 0.05) is 54.2 Å². The Balaban J connectivity index is 1.30. The van der Waals surface area contributed by atoms with Crippen LogP contribution < -0.4 is 0 Å². The molecule has 0 unspecified atom stereocenters. The summed E-state index contributed by atoms with van der Waals surface area (Å²) >= 11 is 0.